The zero-order valence-corrected chi connectivity index (χ0v) is 13.8. The second kappa shape index (κ2) is 8.62. The number of benzene rings is 2. The Hall–Kier alpha value is -2.95. The predicted molar refractivity (Wildman–Crippen MR) is 93.3 cm³/mol. The molecule has 1 amide bonds. The molecule has 1 N–H and O–H groups in total. The topological polar surface area (TPSA) is 67.8 Å². The van der Waals surface area contributed by atoms with E-state index in [2.05, 4.69) is 10.5 Å². The zero-order valence-electron chi connectivity index (χ0n) is 13.8. The summed E-state index contributed by atoms with van der Waals surface area (Å²) >= 11 is 0. The van der Waals surface area contributed by atoms with Crippen LogP contribution in [0.3, 0.4) is 0 Å². The van der Waals surface area contributed by atoms with Gasteiger partial charge in [0, 0.05) is 5.56 Å². The summed E-state index contributed by atoms with van der Waals surface area (Å²) < 4.78 is 4.79. The lowest BCUT2D eigenvalue weighted by Crippen LogP contribution is -2.22. The molecule has 0 aliphatic rings. The lowest BCUT2D eigenvalue weighted by molar-refractivity contribution is 0.1000. The number of nitrogens with zero attached hydrogens (tertiary/aromatic N) is 1. The highest BCUT2D eigenvalue weighted by molar-refractivity contribution is 6.15. The molecule has 0 aromatic heterocycles. The van der Waals surface area contributed by atoms with Crippen molar-refractivity contribution in [3.63, 3.8) is 0 Å². The average molecular weight is 324 g/mol. The van der Waals surface area contributed by atoms with Crippen molar-refractivity contribution in [3.05, 3.63) is 71.3 Å². The first kappa shape index (κ1) is 17.4. The van der Waals surface area contributed by atoms with Gasteiger partial charge in [0.1, 0.15) is 0 Å². The molecule has 0 radical (unpaired) electrons. The first-order valence-corrected chi connectivity index (χ1v) is 7.74. The molecule has 0 unspecified atom stereocenters. The van der Waals surface area contributed by atoms with Gasteiger partial charge in [0.2, 0.25) is 0 Å². The van der Waals surface area contributed by atoms with E-state index in [0.29, 0.717) is 11.3 Å². The van der Waals surface area contributed by atoms with Crippen LogP contribution in [0.2, 0.25) is 0 Å². The van der Waals surface area contributed by atoms with Crippen LogP contribution in [0.15, 0.2) is 59.7 Å². The van der Waals surface area contributed by atoms with Crippen LogP contribution in [0, 0.1) is 6.92 Å². The van der Waals surface area contributed by atoms with Crippen LogP contribution in [0.1, 0.15) is 34.8 Å². The summed E-state index contributed by atoms with van der Waals surface area (Å²) in [5, 5.41) is 4.07. The lowest BCUT2D eigenvalue weighted by Gasteiger charge is -2.08. The van der Waals surface area contributed by atoms with E-state index < -0.39 is 6.09 Å². The monoisotopic (exact) mass is 324 g/mol. The van der Waals surface area contributed by atoms with Crippen molar-refractivity contribution < 1.29 is 14.3 Å². The van der Waals surface area contributed by atoms with Crippen molar-refractivity contribution in [2.45, 2.75) is 20.3 Å². The van der Waals surface area contributed by atoms with Crippen LogP contribution in [0.4, 0.5) is 4.79 Å². The van der Waals surface area contributed by atoms with Crippen LogP contribution < -0.4 is 5.43 Å². The first-order chi connectivity index (χ1) is 11.6. The summed E-state index contributed by atoms with van der Waals surface area (Å²) in [5.74, 6) is -0.0664. The van der Waals surface area contributed by atoms with Gasteiger partial charge in [-0.25, -0.2) is 10.2 Å². The van der Waals surface area contributed by atoms with Gasteiger partial charge in [-0.05, 0) is 19.4 Å². The maximum absolute atomic E-state index is 12.5. The maximum Gasteiger partial charge on any atom is 0.427 e. The molecule has 0 saturated carbocycles. The van der Waals surface area contributed by atoms with Gasteiger partial charge in [-0.3, -0.25) is 4.79 Å². The smallest absolute Gasteiger partial charge is 0.427 e. The summed E-state index contributed by atoms with van der Waals surface area (Å²) in [6, 6.07) is 16.6. The quantitative estimate of drug-likeness (QED) is 0.500. The minimum Gasteiger partial charge on any atom is -0.449 e. The molecule has 0 heterocycles. The SMILES string of the molecule is CCOC(=O)NN=C(CC(=O)c1ccc(C)cc1)c1ccccc1. The number of rotatable bonds is 6. The number of ketones is 1. The Bertz CT molecular complexity index is 722. The molecule has 2 aromatic carbocycles. The number of nitrogens with one attached hydrogen (secondary N) is 1. The van der Waals surface area contributed by atoms with E-state index >= 15 is 0 Å². The highest BCUT2D eigenvalue weighted by atomic mass is 16.5. The predicted octanol–water partition coefficient (Wildman–Crippen LogP) is 3.72. The van der Waals surface area contributed by atoms with Crippen molar-refractivity contribution in [3.8, 4) is 0 Å². The molecular weight excluding hydrogens is 304 g/mol. The highest BCUT2D eigenvalue weighted by Crippen LogP contribution is 2.11. The number of hydrogen-bond donors (Lipinski definition) is 1. The summed E-state index contributed by atoms with van der Waals surface area (Å²) in [7, 11) is 0. The number of aryl methyl sites for hydroxylation is 1. The fourth-order valence-electron chi connectivity index (χ4n) is 2.11. The number of carbonyl (C=O) groups excluding carboxylic acids is 2. The average Bonchev–Trinajstić information content (AvgIpc) is 2.60. The zero-order chi connectivity index (χ0) is 17.4. The fourth-order valence-corrected chi connectivity index (χ4v) is 2.11. The Balaban J connectivity index is 2.19. The molecular formula is C19H20N2O3. The van der Waals surface area contributed by atoms with Gasteiger partial charge >= 0.3 is 6.09 Å². The fraction of sp³-hybridized carbons (Fsp3) is 0.211. The number of amides is 1. The third-order valence-corrected chi connectivity index (χ3v) is 3.37. The molecule has 0 aliphatic carbocycles. The molecule has 0 saturated heterocycles. The Morgan fingerprint density at radius 3 is 2.29 bits per heavy atom. The van der Waals surface area contributed by atoms with E-state index in [-0.39, 0.29) is 18.8 Å². The van der Waals surface area contributed by atoms with Crippen LogP contribution in [0.25, 0.3) is 0 Å². The van der Waals surface area contributed by atoms with Crippen molar-refractivity contribution in [1.82, 2.24) is 5.43 Å². The summed E-state index contributed by atoms with van der Waals surface area (Å²) in [6.45, 7) is 3.93. The minimum absolute atomic E-state index is 0.0664. The van der Waals surface area contributed by atoms with Crippen molar-refractivity contribution in [2.75, 3.05) is 6.61 Å². The highest BCUT2D eigenvalue weighted by Gasteiger charge is 2.13. The van der Waals surface area contributed by atoms with Crippen molar-refractivity contribution in [1.29, 1.82) is 0 Å². The lowest BCUT2D eigenvalue weighted by atomic mass is 10.0. The van der Waals surface area contributed by atoms with E-state index in [1.165, 1.54) is 0 Å². The minimum atomic E-state index is -0.645. The van der Waals surface area contributed by atoms with Gasteiger partial charge in [-0.1, -0.05) is 60.2 Å². The molecule has 0 atom stereocenters. The second-order valence-corrected chi connectivity index (χ2v) is 5.22. The van der Waals surface area contributed by atoms with E-state index in [1.54, 1.807) is 19.1 Å². The molecule has 0 spiro atoms. The van der Waals surface area contributed by atoms with E-state index in [1.807, 2.05) is 49.4 Å². The standard InChI is InChI=1S/C19H20N2O3/c1-3-24-19(23)21-20-17(15-7-5-4-6-8-15)13-18(22)16-11-9-14(2)10-12-16/h4-12H,3,13H2,1-2H3,(H,21,23). The van der Waals surface area contributed by atoms with Crippen molar-refractivity contribution in [2.24, 2.45) is 5.10 Å². The Morgan fingerprint density at radius 1 is 1.00 bits per heavy atom. The molecule has 24 heavy (non-hydrogen) atoms. The van der Waals surface area contributed by atoms with Gasteiger partial charge in [-0.2, -0.15) is 5.10 Å². The van der Waals surface area contributed by atoms with E-state index in [4.69, 9.17) is 4.74 Å². The number of hydrogen-bond acceptors (Lipinski definition) is 4. The second-order valence-electron chi connectivity index (χ2n) is 5.22. The number of Topliss-reactive ketones (excluding diaryl/α,β-unsaturated/α-hetero) is 1. The molecule has 5 heteroatoms. The van der Waals surface area contributed by atoms with E-state index in [0.717, 1.165) is 11.1 Å². The summed E-state index contributed by atoms with van der Waals surface area (Å²) in [5.41, 5.74) is 5.28. The Labute approximate surface area is 141 Å². The van der Waals surface area contributed by atoms with Gasteiger partial charge in [-0.15, -0.1) is 0 Å². The largest absolute Gasteiger partial charge is 0.449 e. The Kier molecular flexibility index (Phi) is 6.25. The number of hydrazone groups is 1. The number of ether oxygens (including phenoxy) is 1. The molecule has 2 rings (SSSR count). The molecule has 2 aromatic rings. The molecule has 0 bridgehead atoms. The van der Waals surface area contributed by atoms with Gasteiger partial charge in [0.15, 0.2) is 5.78 Å². The van der Waals surface area contributed by atoms with E-state index in [9.17, 15) is 9.59 Å². The molecule has 5 nitrogen and oxygen atoms in total. The third-order valence-electron chi connectivity index (χ3n) is 3.37. The van der Waals surface area contributed by atoms with Crippen LogP contribution in [0.5, 0.6) is 0 Å². The third kappa shape index (κ3) is 5.05. The van der Waals surface area contributed by atoms with Crippen LogP contribution >= 0.6 is 0 Å². The summed E-state index contributed by atoms with van der Waals surface area (Å²) in [4.78, 5) is 23.9. The maximum atomic E-state index is 12.5. The molecule has 0 aliphatic heterocycles. The Morgan fingerprint density at radius 2 is 1.67 bits per heavy atom. The van der Waals surface area contributed by atoms with Crippen LogP contribution in [-0.4, -0.2) is 24.2 Å². The summed E-state index contributed by atoms with van der Waals surface area (Å²) in [6.07, 6.45) is -0.562. The normalized spacial score (nSPS) is 11.0. The number of carbonyl (C=O) groups is 2. The van der Waals surface area contributed by atoms with Crippen LogP contribution in [-0.2, 0) is 4.74 Å². The van der Waals surface area contributed by atoms with Gasteiger partial charge in [0.05, 0.1) is 18.7 Å². The van der Waals surface area contributed by atoms with Gasteiger partial charge in [0.25, 0.3) is 0 Å². The molecule has 124 valence electrons. The molecule has 0 fully saturated rings. The van der Waals surface area contributed by atoms with Crippen molar-refractivity contribution >= 4 is 17.6 Å². The first-order valence-electron chi connectivity index (χ1n) is 7.74. The van der Waals surface area contributed by atoms with Gasteiger partial charge < -0.3 is 4.74 Å².